The van der Waals surface area contributed by atoms with Crippen molar-refractivity contribution < 1.29 is 4.74 Å². The van der Waals surface area contributed by atoms with Crippen LogP contribution in [0.25, 0.3) is 0 Å². The molecule has 1 heterocycles. The van der Waals surface area contributed by atoms with Gasteiger partial charge >= 0.3 is 0 Å². The summed E-state index contributed by atoms with van der Waals surface area (Å²) < 4.78 is 5.50. The van der Waals surface area contributed by atoms with E-state index in [1.54, 1.807) is 0 Å². The summed E-state index contributed by atoms with van der Waals surface area (Å²) in [7, 11) is 0. The number of nitrogens with one attached hydrogen (secondary N) is 2. The zero-order valence-electron chi connectivity index (χ0n) is 18.6. The Hall–Kier alpha value is -0.120. The quantitative estimate of drug-likeness (QED) is 0.276. The first kappa shape index (κ1) is 26.9. The van der Waals surface area contributed by atoms with Crippen molar-refractivity contribution in [2.24, 2.45) is 10.9 Å². The minimum absolute atomic E-state index is 0. The minimum atomic E-state index is 0. The fourth-order valence-electron chi connectivity index (χ4n) is 3.60. The first-order chi connectivity index (χ1) is 12.4. The van der Waals surface area contributed by atoms with Crippen molar-refractivity contribution in [3.8, 4) is 0 Å². The third-order valence-corrected chi connectivity index (χ3v) is 5.05. The molecule has 1 saturated heterocycles. The van der Waals surface area contributed by atoms with E-state index >= 15 is 0 Å². The fourth-order valence-corrected chi connectivity index (χ4v) is 3.60. The number of guanidine groups is 1. The molecule has 1 rings (SSSR count). The van der Waals surface area contributed by atoms with Gasteiger partial charge in [0.25, 0.3) is 0 Å². The van der Waals surface area contributed by atoms with Crippen LogP contribution in [0.3, 0.4) is 0 Å². The summed E-state index contributed by atoms with van der Waals surface area (Å²) in [5.41, 5.74) is 0. The van der Waals surface area contributed by atoms with E-state index in [1.165, 1.54) is 0 Å². The maximum Gasteiger partial charge on any atom is 0.191 e. The van der Waals surface area contributed by atoms with Gasteiger partial charge in [-0.3, -0.25) is 14.8 Å². The summed E-state index contributed by atoms with van der Waals surface area (Å²) in [5.74, 6) is 1.51. The number of hydrogen-bond acceptors (Lipinski definition) is 4. The molecule has 0 bridgehead atoms. The highest BCUT2D eigenvalue weighted by Crippen LogP contribution is 2.13. The Kier molecular flexibility index (Phi) is 14.8. The molecule has 0 aliphatic carbocycles. The van der Waals surface area contributed by atoms with Crippen LogP contribution in [0, 0.1) is 5.92 Å². The molecule has 0 aromatic carbocycles. The lowest BCUT2D eigenvalue weighted by molar-refractivity contribution is 0.00867. The Labute approximate surface area is 184 Å². The Morgan fingerprint density at radius 3 is 2.11 bits per heavy atom. The first-order valence-electron chi connectivity index (χ1n) is 10.5. The average molecular weight is 498 g/mol. The van der Waals surface area contributed by atoms with Crippen LogP contribution in [0.1, 0.15) is 48.5 Å². The molecule has 1 aliphatic heterocycles. The third-order valence-electron chi connectivity index (χ3n) is 5.05. The summed E-state index contributed by atoms with van der Waals surface area (Å²) >= 11 is 0. The molecule has 0 spiro atoms. The number of hydrogen-bond donors (Lipinski definition) is 2. The van der Waals surface area contributed by atoms with Gasteiger partial charge < -0.3 is 15.4 Å². The zero-order valence-corrected chi connectivity index (χ0v) is 21.0. The highest BCUT2D eigenvalue weighted by Gasteiger charge is 2.23. The Bertz CT molecular complexity index is 390. The predicted molar refractivity (Wildman–Crippen MR) is 127 cm³/mol. The van der Waals surface area contributed by atoms with Crippen molar-refractivity contribution >= 4 is 29.9 Å². The van der Waals surface area contributed by atoms with Gasteiger partial charge in [0.2, 0.25) is 0 Å². The van der Waals surface area contributed by atoms with E-state index in [4.69, 9.17) is 9.73 Å². The standard InChI is InChI=1S/C20H43N5O.HI/c1-8-21-20(22-9-10-25(17(4)5)18(6)7)23-15-19(16(2)3)24-11-13-26-14-12-24;/h16-19H,8-15H2,1-7H3,(H2,21,22,23);1H. The Morgan fingerprint density at radius 1 is 1.04 bits per heavy atom. The van der Waals surface area contributed by atoms with Crippen LogP contribution >= 0.6 is 24.0 Å². The molecule has 1 unspecified atom stereocenters. The van der Waals surface area contributed by atoms with E-state index in [-0.39, 0.29) is 24.0 Å². The van der Waals surface area contributed by atoms with Crippen molar-refractivity contribution in [1.29, 1.82) is 0 Å². The third kappa shape index (κ3) is 10.3. The largest absolute Gasteiger partial charge is 0.379 e. The monoisotopic (exact) mass is 497 g/mol. The average Bonchev–Trinajstić information content (AvgIpc) is 2.58. The molecule has 162 valence electrons. The van der Waals surface area contributed by atoms with E-state index in [2.05, 4.69) is 68.9 Å². The highest BCUT2D eigenvalue weighted by atomic mass is 127. The van der Waals surface area contributed by atoms with Gasteiger partial charge in [0.05, 0.1) is 19.8 Å². The second kappa shape index (κ2) is 14.8. The van der Waals surface area contributed by atoms with E-state index in [1.807, 2.05) is 0 Å². The summed E-state index contributed by atoms with van der Waals surface area (Å²) in [5, 5.41) is 6.90. The molecule has 1 atom stereocenters. The molecule has 6 nitrogen and oxygen atoms in total. The molecule has 7 heteroatoms. The van der Waals surface area contributed by atoms with E-state index < -0.39 is 0 Å². The number of ether oxygens (including phenoxy) is 1. The second-order valence-electron chi connectivity index (χ2n) is 8.03. The van der Waals surface area contributed by atoms with Gasteiger partial charge in [0.1, 0.15) is 0 Å². The molecular formula is C20H44IN5O. The summed E-state index contributed by atoms with van der Waals surface area (Å²) in [6, 6.07) is 1.59. The van der Waals surface area contributed by atoms with Gasteiger partial charge in [-0.25, -0.2) is 0 Å². The highest BCUT2D eigenvalue weighted by molar-refractivity contribution is 14.0. The van der Waals surface area contributed by atoms with Gasteiger partial charge in [0.15, 0.2) is 5.96 Å². The normalized spacial score (nSPS) is 17.5. The summed E-state index contributed by atoms with van der Waals surface area (Å²) in [6.45, 7) is 23.1. The van der Waals surface area contributed by atoms with E-state index in [0.717, 1.165) is 58.4 Å². The van der Waals surface area contributed by atoms with Crippen molar-refractivity contribution in [2.45, 2.75) is 66.6 Å². The maximum absolute atomic E-state index is 5.50. The van der Waals surface area contributed by atoms with Crippen molar-refractivity contribution in [3.05, 3.63) is 0 Å². The van der Waals surface area contributed by atoms with Gasteiger partial charge in [-0.15, -0.1) is 24.0 Å². The smallest absolute Gasteiger partial charge is 0.191 e. The van der Waals surface area contributed by atoms with Crippen LogP contribution < -0.4 is 10.6 Å². The Balaban J connectivity index is 0.00000676. The van der Waals surface area contributed by atoms with E-state index in [0.29, 0.717) is 24.0 Å². The van der Waals surface area contributed by atoms with Gasteiger partial charge in [-0.1, -0.05) is 13.8 Å². The summed E-state index contributed by atoms with van der Waals surface area (Å²) in [4.78, 5) is 9.92. The summed E-state index contributed by atoms with van der Waals surface area (Å²) in [6.07, 6.45) is 0. The van der Waals surface area contributed by atoms with Crippen LogP contribution in [0.5, 0.6) is 0 Å². The lowest BCUT2D eigenvalue weighted by Gasteiger charge is -2.36. The van der Waals surface area contributed by atoms with E-state index in [9.17, 15) is 0 Å². The molecule has 1 aliphatic rings. The molecule has 0 amide bonds. The molecule has 1 fully saturated rings. The SMILES string of the molecule is CCNC(=NCC(C(C)C)N1CCOCC1)NCCN(C(C)C)C(C)C.I. The molecule has 27 heavy (non-hydrogen) atoms. The number of halogens is 1. The van der Waals surface area contributed by atoms with Crippen LogP contribution in [0.4, 0.5) is 0 Å². The fraction of sp³-hybridized carbons (Fsp3) is 0.950. The van der Waals surface area contributed by atoms with Crippen LogP contribution in [0.15, 0.2) is 4.99 Å². The first-order valence-corrected chi connectivity index (χ1v) is 10.5. The molecule has 2 N–H and O–H groups in total. The number of aliphatic imine (C=N–C) groups is 1. The number of nitrogens with zero attached hydrogens (tertiary/aromatic N) is 3. The van der Waals surface area contributed by atoms with Crippen LogP contribution in [0.2, 0.25) is 0 Å². The second-order valence-corrected chi connectivity index (χ2v) is 8.03. The Morgan fingerprint density at radius 2 is 1.63 bits per heavy atom. The van der Waals surface area contributed by atoms with Crippen molar-refractivity contribution in [2.75, 3.05) is 52.5 Å². The molecule has 0 radical (unpaired) electrons. The molecule has 0 saturated carbocycles. The maximum atomic E-state index is 5.50. The molecular weight excluding hydrogens is 453 g/mol. The zero-order chi connectivity index (χ0) is 19.5. The minimum Gasteiger partial charge on any atom is -0.379 e. The van der Waals surface area contributed by atoms with Gasteiger partial charge in [0, 0.05) is 50.8 Å². The van der Waals surface area contributed by atoms with Crippen molar-refractivity contribution in [1.82, 2.24) is 20.4 Å². The lowest BCUT2D eigenvalue weighted by atomic mass is 10.0. The molecule has 0 aromatic rings. The van der Waals surface area contributed by atoms with Crippen molar-refractivity contribution in [3.63, 3.8) is 0 Å². The van der Waals surface area contributed by atoms with Crippen LogP contribution in [-0.4, -0.2) is 86.4 Å². The van der Waals surface area contributed by atoms with Crippen LogP contribution in [-0.2, 0) is 4.74 Å². The number of rotatable bonds is 10. The van der Waals surface area contributed by atoms with Gasteiger partial charge in [-0.2, -0.15) is 0 Å². The topological polar surface area (TPSA) is 52.1 Å². The number of morpholine rings is 1. The molecule has 0 aromatic heterocycles. The lowest BCUT2D eigenvalue weighted by Crippen LogP contribution is -2.48. The predicted octanol–water partition coefficient (Wildman–Crippen LogP) is 2.64. The van der Waals surface area contributed by atoms with Gasteiger partial charge in [-0.05, 0) is 40.5 Å².